The number of aromatic nitrogens is 1. The predicted molar refractivity (Wildman–Crippen MR) is 70.3 cm³/mol. The molecule has 0 spiro atoms. The molecule has 1 heterocycles. The van der Waals surface area contributed by atoms with E-state index in [2.05, 4.69) is 26.6 Å². The number of aryl methyl sites for hydroxylation is 1. The molecule has 0 fully saturated rings. The Labute approximate surface area is 114 Å². The molecule has 0 bridgehead atoms. The first-order valence-electron chi connectivity index (χ1n) is 5.40. The van der Waals surface area contributed by atoms with E-state index in [1.165, 1.54) is 0 Å². The number of hydrogen-bond acceptors (Lipinski definition) is 3. The molecule has 7 heteroatoms. The lowest BCUT2D eigenvalue weighted by Gasteiger charge is -2.07. The first-order valence-corrected chi connectivity index (χ1v) is 6.19. The van der Waals surface area contributed by atoms with E-state index in [9.17, 15) is 9.59 Å². The van der Waals surface area contributed by atoms with Crippen LogP contribution < -0.4 is 10.6 Å². The van der Waals surface area contributed by atoms with Crippen molar-refractivity contribution in [1.29, 1.82) is 0 Å². The Bertz CT molecular complexity index is 431. The largest absolute Gasteiger partial charge is 0.383 e. The van der Waals surface area contributed by atoms with Crippen LogP contribution in [0.4, 0.5) is 0 Å². The van der Waals surface area contributed by atoms with Crippen LogP contribution in [-0.2, 0) is 16.6 Å². The quantitative estimate of drug-likeness (QED) is 0.740. The summed E-state index contributed by atoms with van der Waals surface area (Å²) >= 11 is 3.28. The highest BCUT2D eigenvalue weighted by Gasteiger charge is 2.11. The van der Waals surface area contributed by atoms with Crippen LogP contribution in [0.1, 0.15) is 10.5 Å². The summed E-state index contributed by atoms with van der Waals surface area (Å²) < 4.78 is 7.30. The van der Waals surface area contributed by atoms with Gasteiger partial charge in [0.2, 0.25) is 5.91 Å². The molecule has 0 saturated heterocycles. The molecule has 2 amide bonds. The average molecular weight is 318 g/mol. The maximum Gasteiger partial charge on any atom is 0.268 e. The van der Waals surface area contributed by atoms with Crippen LogP contribution in [0, 0.1) is 0 Å². The van der Waals surface area contributed by atoms with Gasteiger partial charge in [0.05, 0.1) is 13.2 Å². The minimum atomic E-state index is -0.287. The maximum absolute atomic E-state index is 11.8. The lowest BCUT2D eigenvalue weighted by molar-refractivity contribution is -0.120. The van der Waals surface area contributed by atoms with Crippen LogP contribution in [0.15, 0.2) is 16.7 Å². The summed E-state index contributed by atoms with van der Waals surface area (Å²) in [6.45, 7) is 0.830. The van der Waals surface area contributed by atoms with Gasteiger partial charge in [0.1, 0.15) is 5.69 Å². The van der Waals surface area contributed by atoms with E-state index < -0.39 is 0 Å². The van der Waals surface area contributed by atoms with Crippen LogP contribution in [0.2, 0.25) is 0 Å². The number of halogens is 1. The van der Waals surface area contributed by atoms with Gasteiger partial charge in [0.25, 0.3) is 5.91 Å². The van der Waals surface area contributed by atoms with E-state index >= 15 is 0 Å². The Morgan fingerprint density at radius 2 is 2.17 bits per heavy atom. The molecule has 18 heavy (non-hydrogen) atoms. The molecule has 0 aliphatic carbocycles. The summed E-state index contributed by atoms with van der Waals surface area (Å²) in [5.74, 6) is -0.529. The van der Waals surface area contributed by atoms with E-state index in [1.54, 1.807) is 31.0 Å². The summed E-state index contributed by atoms with van der Waals surface area (Å²) in [5.41, 5.74) is 0.492. The third kappa shape index (κ3) is 4.50. The van der Waals surface area contributed by atoms with Crippen molar-refractivity contribution in [1.82, 2.24) is 15.2 Å². The van der Waals surface area contributed by atoms with Gasteiger partial charge in [-0.1, -0.05) is 0 Å². The monoisotopic (exact) mass is 317 g/mol. The number of hydrogen-bond donors (Lipinski definition) is 2. The van der Waals surface area contributed by atoms with Crippen molar-refractivity contribution < 1.29 is 14.3 Å². The highest BCUT2D eigenvalue weighted by atomic mass is 79.9. The Kier molecular flexibility index (Phi) is 5.87. The smallest absolute Gasteiger partial charge is 0.268 e. The third-order valence-corrected chi connectivity index (χ3v) is 2.68. The van der Waals surface area contributed by atoms with Gasteiger partial charge in [0.15, 0.2) is 0 Å². The maximum atomic E-state index is 11.8. The topological polar surface area (TPSA) is 72.4 Å². The number of ether oxygens (including phenoxy) is 1. The first-order chi connectivity index (χ1) is 8.54. The zero-order chi connectivity index (χ0) is 13.5. The summed E-state index contributed by atoms with van der Waals surface area (Å²) in [5, 5.41) is 5.16. The van der Waals surface area contributed by atoms with Crippen molar-refractivity contribution in [3.63, 3.8) is 0 Å². The first kappa shape index (κ1) is 14.7. The minimum absolute atomic E-state index is 0.0503. The van der Waals surface area contributed by atoms with E-state index in [0.717, 1.165) is 4.47 Å². The summed E-state index contributed by atoms with van der Waals surface area (Å²) in [6.07, 6.45) is 1.77. The molecule has 0 saturated carbocycles. The minimum Gasteiger partial charge on any atom is -0.383 e. The Hall–Kier alpha value is -1.34. The van der Waals surface area contributed by atoms with E-state index in [4.69, 9.17) is 4.74 Å². The highest BCUT2D eigenvalue weighted by molar-refractivity contribution is 9.10. The van der Waals surface area contributed by atoms with Gasteiger partial charge < -0.3 is 19.9 Å². The molecule has 0 unspecified atom stereocenters. The van der Waals surface area contributed by atoms with Crippen LogP contribution in [-0.4, -0.2) is 43.2 Å². The number of methoxy groups -OCH3 is 1. The van der Waals surface area contributed by atoms with Crippen molar-refractivity contribution in [2.24, 2.45) is 7.05 Å². The number of nitrogens with zero attached hydrogens (tertiary/aromatic N) is 1. The Morgan fingerprint density at radius 1 is 1.44 bits per heavy atom. The molecule has 0 aromatic carbocycles. The lowest BCUT2D eigenvalue weighted by Crippen LogP contribution is -2.38. The summed E-state index contributed by atoms with van der Waals surface area (Å²) in [7, 11) is 3.32. The van der Waals surface area contributed by atoms with Gasteiger partial charge >= 0.3 is 0 Å². The molecule has 0 aliphatic rings. The van der Waals surface area contributed by atoms with Crippen molar-refractivity contribution in [3.05, 3.63) is 22.4 Å². The second kappa shape index (κ2) is 7.17. The Morgan fingerprint density at radius 3 is 2.72 bits per heavy atom. The standard InChI is InChI=1S/C11H16BrN3O3/c1-15-7-8(12)5-9(15)11(17)14-6-10(16)13-3-4-18-2/h5,7H,3-4,6H2,1-2H3,(H,13,16)(H,14,17). The van der Waals surface area contributed by atoms with E-state index in [-0.39, 0.29) is 18.4 Å². The fourth-order valence-corrected chi connectivity index (χ4v) is 1.88. The molecule has 0 atom stereocenters. The fourth-order valence-electron chi connectivity index (χ4n) is 1.36. The second-order valence-corrected chi connectivity index (χ2v) is 4.60. The summed E-state index contributed by atoms with van der Waals surface area (Å²) in [6, 6.07) is 1.69. The van der Waals surface area contributed by atoms with Crippen molar-refractivity contribution in [2.45, 2.75) is 0 Å². The number of carbonyl (C=O) groups excluding carboxylic acids is 2. The van der Waals surface area contributed by atoms with Crippen LogP contribution in [0.5, 0.6) is 0 Å². The second-order valence-electron chi connectivity index (χ2n) is 3.68. The molecule has 1 aromatic heterocycles. The predicted octanol–water partition coefficient (Wildman–Crippen LogP) is 0.280. The van der Waals surface area contributed by atoms with Crippen LogP contribution in [0.3, 0.4) is 0 Å². The normalized spacial score (nSPS) is 10.2. The fraction of sp³-hybridized carbons (Fsp3) is 0.455. The molecule has 0 aliphatic heterocycles. The zero-order valence-electron chi connectivity index (χ0n) is 10.3. The summed E-state index contributed by atoms with van der Waals surface area (Å²) in [4.78, 5) is 23.1. The molecule has 6 nitrogen and oxygen atoms in total. The molecular weight excluding hydrogens is 302 g/mol. The van der Waals surface area contributed by atoms with Gasteiger partial charge in [-0.2, -0.15) is 0 Å². The Balaban J connectivity index is 2.37. The van der Waals surface area contributed by atoms with Gasteiger partial charge in [-0.15, -0.1) is 0 Å². The molecular formula is C11H16BrN3O3. The highest BCUT2D eigenvalue weighted by Crippen LogP contribution is 2.13. The van der Waals surface area contributed by atoms with Gasteiger partial charge in [-0.05, 0) is 22.0 Å². The molecule has 100 valence electrons. The van der Waals surface area contributed by atoms with Crippen molar-refractivity contribution >= 4 is 27.7 Å². The van der Waals surface area contributed by atoms with E-state index in [0.29, 0.717) is 18.8 Å². The van der Waals surface area contributed by atoms with Crippen molar-refractivity contribution in [2.75, 3.05) is 26.8 Å². The lowest BCUT2D eigenvalue weighted by atomic mass is 10.4. The number of carbonyl (C=O) groups is 2. The van der Waals surface area contributed by atoms with Crippen LogP contribution in [0.25, 0.3) is 0 Å². The molecule has 0 radical (unpaired) electrons. The van der Waals surface area contributed by atoms with Crippen LogP contribution >= 0.6 is 15.9 Å². The van der Waals surface area contributed by atoms with Crippen molar-refractivity contribution in [3.8, 4) is 0 Å². The molecule has 2 N–H and O–H groups in total. The molecule has 1 rings (SSSR count). The number of rotatable bonds is 6. The average Bonchev–Trinajstić information content (AvgIpc) is 2.66. The zero-order valence-corrected chi connectivity index (χ0v) is 11.9. The van der Waals surface area contributed by atoms with Gasteiger partial charge in [-0.3, -0.25) is 9.59 Å². The number of nitrogens with one attached hydrogen (secondary N) is 2. The number of amides is 2. The third-order valence-electron chi connectivity index (χ3n) is 2.24. The SMILES string of the molecule is COCCNC(=O)CNC(=O)c1cc(Br)cn1C. The molecule has 1 aromatic rings. The van der Waals surface area contributed by atoms with E-state index in [1.807, 2.05) is 0 Å². The van der Waals surface area contributed by atoms with Gasteiger partial charge in [-0.25, -0.2) is 0 Å². The van der Waals surface area contributed by atoms with Gasteiger partial charge in [0, 0.05) is 31.4 Å².